The molecule has 0 radical (unpaired) electrons. The molecule has 3 aromatic heterocycles. The third-order valence-electron chi connectivity index (χ3n) is 4.31. The number of nitrogens with zero attached hydrogens (tertiary/aromatic N) is 5. The molecule has 0 bridgehead atoms. The van der Waals surface area contributed by atoms with Gasteiger partial charge in [-0.25, -0.2) is 4.79 Å². The van der Waals surface area contributed by atoms with Crippen LogP contribution < -0.4 is 11.2 Å². The van der Waals surface area contributed by atoms with Crippen LogP contribution in [0.15, 0.2) is 44.4 Å². The molecule has 27 heavy (non-hydrogen) atoms. The zero-order valence-corrected chi connectivity index (χ0v) is 15.8. The number of aryl methyl sites for hydroxylation is 1. The minimum Gasteiger partial charge on any atom is -0.359 e. The summed E-state index contributed by atoms with van der Waals surface area (Å²) in [6, 6.07) is 8.92. The van der Waals surface area contributed by atoms with Gasteiger partial charge >= 0.3 is 5.69 Å². The monoisotopic (exact) mass is 405 g/mol. The first-order chi connectivity index (χ1) is 12.9. The fourth-order valence-corrected chi connectivity index (χ4v) is 3.21. The zero-order valence-electron chi connectivity index (χ0n) is 14.3. The van der Waals surface area contributed by atoms with Gasteiger partial charge in [0, 0.05) is 30.7 Å². The van der Waals surface area contributed by atoms with Gasteiger partial charge in [-0.3, -0.25) is 13.9 Å². The number of fused-ring (bicyclic) bond motifs is 1. The predicted molar refractivity (Wildman–Crippen MR) is 101 cm³/mol. The topological polar surface area (TPSA) is 87.8 Å². The van der Waals surface area contributed by atoms with Crippen LogP contribution in [-0.4, -0.2) is 23.8 Å². The van der Waals surface area contributed by atoms with E-state index < -0.39 is 11.2 Å². The van der Waals surface area contributed by atoms with E-state index in [1.807, 2.05) is 12.1 Å². The van der Waals surface area contributed by atoms with Crippen LogP contribution in [-0.2, 0) is 20.6 Å². The molecule has 0 atom stereocenters. The molecule has 0 unspecified atom stereocenters. The fourth-order valence-electron chi connectivity index (χ4n) is 2.86. The van der Waals surface area contributed by atoms with Crippen molar-refractivity contribution in [3.63, 3.8) is 0 Å². The van der Waals surface area contributed by atoms with Crippen molar-refractivity contribution in [3.8, 4) is 11.3 Å². The molecule has 4 rings (SSSR count). The lowest BCUT2D eigenvalue weighted by atomic mass is 10.1. The van der Waals surface area contributed by atoms with Crippen molar-refractivity contribution < 1.29 is 4.52 Å². The Morgan fingerprint density at radius 2 is 1.78 bits per heavy atom. The average molecular weight is 406 g/mol. The Labute approximate surface area is 162 Å². The number of hydrogen-bond donors (Lipinski definition) is 0. The van der Waals surface area contributed by atoms with E-state index in [-0.39, 0.29) is 23.0 Å². The van der Waals surface area contributed by atoms with Crippen LogP contribution in [0.25, 0.3) is 22.4 Å². The summed E-state index contributed by atoms with van der Waals surface area (Å²) in [4.78, 5) is 28.8. The van der Waals surface area contributed by atoms with E-state index in [1.54, 1.807) is 18.2 Å². The maximum Gasteiger partial charge on any atom is 0.332 e. The van der Waals surface area contributed by atoms with Crippen molar-refractivity contribution >= 4 is 34.4 Å². The van der Waals surface area contributed by atoms with E-state index in [1.165, 1.54) is 23.2 Å². The molecule has 0 aliphatic heterocycles. The van der Waals surface area contributed by atoms with E-state index >= 15 is 0 Å². The van der Waals surface area contributed by atoms with Crippen molar-refractivity contribution in [2.24, 2.45) is 14.1 Å². The van der Waals surface area contributed by atoms with Gasteiger partial charge in [0.1, 0.15) is 5.69 Å². The molecule has 10 heteroatoms. The highest BCUT2D eigenvalue weighted by molar-refractivity contribution is 6.30. The number of imidazole rings is 1. The minimum atomic E-state index is -0.482. The first kappa shape index (κ1) is 17.6. The van der Waals surface area contributed by atoms with E-state index in [4.69, 9.17) is 27.7 Å². The van der Waals surface area contributed by atoms with Gasteiger partial charge in [0.15, 0.2) is 16.9 Å². The maximum atomic E-state index is 12.6. The Bertz CT molecular complexity index is 1280. The van der Waals surface area contributed by atoms with Gasteiger partial charge in [-0.2, -0.15) is 4.98 Å². The minimum absolute atomic E-state index is 0.0766. The smallest absolute Gasteiger partial charge is 0.332 e. The summed E-state index contributed by atoms with van der Waals surface area (Å²) >= 11 is 12.1. The molecule has 0 aliphatic carbocycles. The highest BCUT2D eigenvalue weighted by Gasteiger charge is 2.19. The van der Waals surface area contributed by atoms with E-state index in [9.17, 15) is 9.59 Å². The first-order valence-corrected chi connectivity index (χ1v) is 8.65. The quantitative estimate of drug-likeness (QED) is 0.488. The number of benzene rings is 1. The third-order valence-corrected chi connectivity index (χ3v) is 4.85. The van der Waals surface area contributed by atoms with E-state index in [0.29, 0.717) is 16.5 Å². The summed E-state index contributed by atoms with van der Waals surface area (Å²) < 4.78 is 9.16. The predicted octanol–water partition coefficient (Wildman–Crippen LogP) is 2.44. The Morgan fingerprint density at radius 3 is 2.48 bits per heavy atom. The SMILES string of the molecule is Cn1c(=O)c2c(nc(Cl)n2Cc2cc(-c3ccc(Cl)cc3)no2)n(C)c1=O. The molecular weight excluding hydrogens is 393 g/mol. The Kier molecular flexibility index (Phi) is 4.16. The van der Waals surface area contributed by atoms with Gasteiger partial charge in [-0.1, -0.05) is 28.9 Å². The van der Waals surface area contributed by atoms with Crippen molar-refractivity contribution in [1.82, 2.24) is 23.8 Å². The number of rotatable bonds is 3. The van der Waals surface area contributed by atoms with E-state index in [2.05, 4.69) is 10.1 Å². The zero-order chi connectivity index (χ0) is 19.3. The first-order valence-electron chi connectivity index (χ1n) is 7.90. The number of aromatic nitrogens is 5. The maximum absolute atomic E-state index is 12.6. The summed E-state index contributed by atoms with van der Waals surface area (Å²) in [5.74, 6) is 0.483. The van der Waals surface area contributed by atoms with E-state index in [0.717, 1.165) is 10.1 Å². The fraction of sp³-hybridized carbons (Fsp3) is 0.176. The van der Waals surface area contributed by atoms with Gasteiger partial charge in [0.25, 0.3) is 5.56 Å². The van der Waals surface area contributed by atoms with Crippen LogP contribution in [0.4, 0.5) is 0 Å². The molecular formula is C17H13Cl2N5O3. The molecule has 0 fully saturated rings. The molecule has 3 heterocycles. The summed E-state index contributed by atoms with van der Waals surface area (Å²) in [6.07, 6.45) is 0. The normalized spacial score (nSPS) is 11.4. The number of hydrogen-bond acceptors (Lipinski definition) is 5. The number of halogens is 2. The Morgan fingerprint density at radius 1 is 1.07 bits per heavy atom. The standard InChI is InChI=1S/C17H13Cl2N5O3/c1-22-14-13(15(25)23(2)17(22)26)24(16(19)20-14)8-11-7-12(21-27-11)9-3-5-10(18)6-4-9/h3-7H,8H2,1-2H3. The van der Waals surface area contributed by atoms with Gasteiger partial charge in [0.2, 0.25) is 5.28 Å². The van der Waals surface area contributed by atoms with Gasteiger partial charge in [-0.05, 0) is 23.7 Å². The molecule has 0 aliphatic rings. The summed E-state index contributed by atoms with van der Waals surface area (Å²) in [7, 11) is 2.94. The molecule has 8 nitrogen and oxygen atoms in total. The van der Waals surface area contributed by atoms with Crippen LogP contribution in [0.1, 0.15) is 5.76 Å². The van der Waals surface area contributed by atoms with Crippen molar-refractivity contribution in [2.45, 2.75) is 6.54 Å². The van der Waals surface area contributed by atoms with Crippen molar-refractivity contribution in [1.29, 1.82) is 0 Å². The second kappa shape index (κ2) is 6.40. The summed E-state index contributed by atoms with van der Waals surface area (Å²) in [6.45, 7) is 0.142. The Hall–Kier alpha value is -2.84. The highest BCUT2D eigenvalue weighted by Crippen LogP contribution is 2.23. The van der Waals surface area contributed by atoms with Crippen LogP contribution in [0.5, 0.6) is 0 Å². The Balaban J connectivity index is 1.79. The lowest BCUT2D eigenvalue weighted by molar-refractivity contribution is 0.379. The molecule has 1 aromatic carbocycles. The molecule has 0 saturated heterocycles. The third kappa shape index (κ3) is 2.87. The molecule has 0 spiro atoms. The van der Waals surface area contributed by atoms with Crippen molar-refractivity contribution in [2.75, 3.05) is 0 Å². The van der Waals surface area contributed by atoms with Gasteiger partial charge in [-0.15, -0.1) is 0 Å². The second-order valence-corrected chi connectivity index (χ2v) is 6.80. The van der Waals surface area contributed by atoms with Crippen LogP contribution in [0.3, 0.4) is 0 Å². The van der Waals surface area contributed by atoms with Crippen molar-refractivity contribution in [3.05, 3.63) is 67.2 Å². The molecule has 0 amide bonds. The van der Waals surface area contributed by atoms with Gasteiger partial charge < -0.3 is 9.09 Å². The lowest BCUT2D eigenvalue weighted by Crippen LogP contribution is -2.37. The van der Waals surface area contributed by atoms with Gasteiger partial charge in [0.05, 0.1) is 6.54 Å². The molecule has 0 saturated carbocycles. The highest BCUT2D eigenvalue weighted by atomic mass is 35.5. The lowest BCUT2D eigenvalue weighted by Gasteiger charge is -2.05. The van der Waals surface area contributed by atoms with Crippen LogP contribution in [0.2, 0.25) is 10.3 Å². The van der Waals surface area contributed by atoms with Crippen LogP contribution in [0, 0.1) is 0 Å². The summed E-state index contributed by atoms with van der Waals surface area (Å²) in [5, 5.41) is 4.75. The molecule has 0 N–H and O–H groups in total. The second-order valence-electron chi connectivity index (χ2n) is 6.03. The largest absolute Gasteiger partial charge is 0.359 e. The molecule has 138 valence electrons. The summed E-state index contributed by atoms with van der Waals surface area (Å²) in [5.41, 5.74) is 0.944. The van der Waals surface area contributed by atoms with Crippen LogP contribution >= 0.6 is 23.2 Å². The molecule has 4 aromatic rings. The average Bonchev–Trinajstić information content (AvgIpc) is 3.24.